The quantitative estimate of drug-likeness (QED) is 0.180. The molecule has 4 nitrogen and oxygen atoms in total. The number of amidine groups is 2. The number of hydrogen-bond donors (Lipinski definition) is 1. The van der Waals surface area contributed by atoms with Crippen LogP contribution in [0.15, 0.2) is 204 Å². The van der Waals surface area contributed by atoms with E-state index in [4.69, 9.17) is 15.0 Å². The Morgan fingerprint density at radius 3 is 1.62 bits per heavy atom. The minimum absolute atomic E-state index is 0.321. The number of rotatable bonds is 5. The molecule has 0 saturated heterocycles. The van der Waals surface area contributed by atoms with Crippen molar-refractivity contribution in [3.8, 4) is 22.4 Å². The lowest BCUT2D eigenvalue weighted by Crippen LogP contribution is -2.33. The van der Waals surface area contributed by atoms with Gasteiger partial charge in [0.05, 0.1) is 11.2 Å². The third kappa shape index (κ3) is 5.34. The summed E-state index contributed by atoms with van der Waals surface area (Å²) >= 11 is 0. The van der Waals surface area contributed by atoms with Gasteiger partial charge in [0.25, 0.3) is 0 Å². The molecule has 1 atom stereocenters. The van der Waals surface area contributed by atoms with Crippen molar-refractivity contribution in [2.75, 3.05) is 0 Å². The van der Waals surface area contributed by atoms with Crippen LogP contribution in [0.25, 0.3) is 76.4 Å². The van der Waals surface area contributed by atoms with E-state index < -0.39 is 0 Å². The third-order valence-corrected chi connectivity index (χ3v) is 11.1. The van der Waals surface area contributed by atoms with Gasteiger partial charge in [0.15, 0.2) is 5.84 Å². The summed E-state index contributed by atoms with van der Waals surface area (Å²) in [5.74, 6) is 1.45. The van der Waals surface area contributed by atoms with Crippen LogP contribution in [-0.4, -0.2) is 16.7 Å². The number of hydrogen-bond acceptors (Lipinski definition) is 4. The first-order valence-corrected chi connectivity index (χ1v) is 19.1. The van der Waals surface area contributed by atoms with Crippen molar-refractivity contribution in [3.05, 3.63) is 211 Å². The summed E-state index contributed by atoms with van der Waals surface area (Å²) in [6.07, 6.45) is -0.321. The Hall–Kier alpha value is -7.43. The second kappa shape index (κ2) is 13.2. The van der Waals surface area contributed by atoms with Crippen molar-refractivity contribution >= 4 is 65.7 Å². The van der Waals surface area contributed by atoms with Crippen molar-refractivity contribution in [1.29, 1.82) is 0 Å². The highest BCUT2D eigenvalue weighted by Crippen LogP contribution is 2.42. The largest absolute Gasteiger partial charge is 0.344 e. The van der Waals surface area contributed by atoms with Gasteiger partial charge in [0.1, 0.15) is 12.0 Å². The van der Waals surface area contributed by atoms with Crippen molar-refractivity contribution in [1.82, 2.24) is 10.3 Å². The van der Waals surface area contributed by atoms with Crippen LogP contribution < -0.4 is 5.32 Å². The first kappa shape index (κ1) is 32.0. The van der Waals surface area contributed by atoms with E-state index in [1.807, 2.05) is 24.3 Å². The molecule has 0 saturated carbocycles. The second-order valence-corrected chi connectivity index (χ2v) is 14.4. The fourth-order valence-electron chi connectivity index (χ4n) is 8.50. The predicted molar refractivity (Wildman–Crippen MR) is 234 cm³/mol. The van der Waals surface area contributed by atoms with Gasteiger partial charge >= 0.3 is 0 Å². The molecule has 262 valence electrons. The molecule has 1 aromatic heterocycles. The van der Waals surface area contributed by atoms with Crippen LogP contribution in [-0.2, 0) is 0 Å². The molecule has 10 aromatic rings. The lowest BCUT2D eigenvalue weighted by Gasteiger charge is -2.24. The van der Waals surface area contributed by atoms with E-state index in [2.05, 4.69) is 175 Å². The van der Waals surface area contributed by atoms with Gasteiger partial charge in [-0.15, -0.1) is 0 Å². The van der Waals surface area contributed by atoms with Crippen molar-refractivity contribution in [2.45, 2.75) is 6.17 Å². The Morgan fingerprint density at radius 2 is 0.911 bits per heavy atom. The number of para-hydroxylation sites is 1. The van der Waals surface area contributed by atoms with Gasteiger partial charge in [0.2, 0.25) is 0 Å². The first-order valence-electron chi connectivity index (χ1n) is 19.1. The molecular formula is C52H34N4. The Morgan fingerprint density at radius 1 is 0.393 bits per heavy atom. The van der Waals surface area contributed by atoms with Gasteiger partial charge in [-0.25, -0.2) is 15.0 Å². The van der Waals surface area contributed by atoms with Crippen molar-refractivity contribution < 1.29 is 0 Å². The van der Waals surface area contributed by atoms with Gasteiger partial charge in [-0.05, 0) is 78.7 Å². The standard InChI is InChI=1S/C52H34N4/c1-3-16-33(17-4-1)50-54-51(34-18-5-2-6-19-34)56-52(55-50)37-31-35(30-36(32-37)49-46-26-12-10-23-42(46)43-24-13-14-29-47(43)53-49)38-27-15-28-45-41-21-8-7-20-39(41)40-22-9-11-25-44(40)48(38)45/h1-32,50H,(H,54,55,56). The van der Waals surface area contributed by atoms with Gasteiger partial charge in [-0.1, -0.05) is 170 Å². The minimum atomic E-state index is -0.321. The lowest BCUT2D eigenvalue weighted by atomic mass is 9.88. The highest BCUT2D eigenvalue weighted by atomic mass is 15.2. The summed E-state index contributed by atoms with van der Waals surface area (Å²) in [7, 11) is 0. The predicted octanol–water partition coefficient (Wildman–Crippen LogP) is 12.7. The molecule has 4 heteroatoms. The van der Waals surface area contributed by atoms with E-state index in [0.717, 1.165) is 61.2 Å². The molecule has 56 heavy (non-hydrogen) atoms. The van der Waals surface area contributed by atoms with Crippen LogP contribution in [0, 0.1) is 0 Å². The molecular weight excluding hydrogens is 681 g/mol. The zero-order chi connectivity index (χ0) is 37.0. The van der Waals surface area contributed by atoms with Gasteiger partial charge < -0.3 is 5.32 Å². The fraction of sp³-hybridized carbons (Fsp3) is 0.0192. The Labute approximate surface area is 324 Å². The third-order valence-electron chi connectivity index (χ3n) is 11.1. The summed E-state index contributed by atoms with van der Waals surface area (Å²) < 4.78 is 0. The van der Waals surface area contributed by atoms with Gasteiger partial charge in [-0.3, -0.25) is 0 Å². The molecule has 1 aliphatic rings. The average molecular weight is 715 g/mol. The normalized spacial score (nSPS) is 14.2. The first-order chi connectivity index (χ1) is 27.8. The van der Waals surface area contributed by atoms with Gasteiger partial charge in [0, 0.05) is 27.5 Å². The lowest BCUT2D eigenvalue weighted by molar-refractivity contribution is 0.674. The average Bonchev–Trinajstić information content (AvgIpc) is 3.29. The molecule has 0 amide bonds. The van der Waals surface area contributed by atoms with E-state index in [0.29, 0.717) is 5.84 Å². The maximum Gasteiger partial charge on any atom is 0.159 e. The molecule has 0 radical (unpaired) electrons. The van der Waals surface area contributed by atoms with Crippen LogP contribution in [0.3, 0.4) is 0 Å². The number of pyridine rings is 1. The SMILES string of the molecule is c1ccc(C2=NC(c3ccccc3)NC(c3cc(-c4nc5ccccc5c5ccccc45)cc(-c4cccc5c6ccccc6c6ccccc6c45)c3)=N2)cc1. The maximum atomic E-state index is 5.39. The second-order valence-electron chi connectivity index (χ2n) is 14.4. The van der Waals surface area contributed by atoms with Crippen molar-refractivity contribution in [3.63, 3.8) is 0 Å². The Balaban J connectivity index is 1.21. The van der Waals surface area contributed by atoms with Crippen LogP contribution in [0.4, 0.5) is 0 Å². The maximum absolute atomic E-state index is 5.39. The minimum Gasteiger partial charge on any atom is -0.344 e. The molecule has 0 aliphatic carbocycles. The Kier molecular flexibility index (Phi) is 7.52. The summed E-state index contributed by atoms with van der Waals surface area (Å²) in [6.45, 7) is 0. The molecule has 0 spiro atoms. The number of nitrogens with one attached hydrogen (secondary N) is 1. The molecule has 1 aliphatic heterocycles. The Bertz CT molecular complexity index is 3180. The molecule has 2 heterocycles. The van der Waals surface area contributed by atoms with Gasteiger partial charge in [-0.2, -0.15) is 0 Å². The smallest absolute Gasteiger partial charge is 0.159 e. The van der Waals surface area contributed by atoms with Crippen LogP contribution in [0.2, 0.25) is 0 Å². The van der Waals surface area contributed by atoms with E-state index in [1.165, 1.54) is 37.7 Å². The number of aromatic nitrogens is 1. The number of nitrogens with zero attached hydrogens (tertiary/aromatic N) is 3. The van der Waals surface area contributed by atoms with Crippen LogP contribution >= 0.6 is 0 Å². The fourth-order valence-corrected chi connectivity index (χ4v) is 8.50. The summed E-state index contributed by atoms with van der Waals surface area (Å²) in [5, 5.41) is 14.6. The monoisotopic (exact) mass is 714 g/mol. The van der Waals surface area contributed by atoms with Crippen LogP contribution in [0.1, 0.15) is 22.9 Å². The summed E-state index contributed by atoms with van der Waals surface area (Å²) in [4.78, 5) is 15.8. The molecule has 0 bridgehead atoms. The summed E-state index contributed by atoms with van der Waals surface area (Å²) in [6, 6.07) is 68.8. The zero-order valence-corrected chi connectivity index (χ0v) is 30.4. The number of fused-ring (bicyclic) bond motifs is 9. The van der Waals surface area contributed by atoms with E-state index in [-0.39, 0.29) is 6.17 Å². The topological polar surface area (TPSA) is 49.6 Å². The van der Waals surface area contributed by atoms with E-state index >= 15 is 0 Å². The molecule has 11 rings (SSSR count). The number of benzene rings is 9. The van der Waals surface area contributed by atoms with Crippen LogP contribution in [0.5, 0.6) is 0 Å². The van der Waals surface area contributed by atoms with E-state index in [9.17, 15) is 0 Å². The summed E-state index contributed by atoms with van der Waals surface area (Å²) in [5.41, 5.74) is 8.17. The molecule has 9 aromatic carbocycles. The molecule has 1 unspecified atom stereocenters. The van der Waals surface area contributed by atoms with E-state index in [1.54, 1.807) is 0 Å². The zero-order valence-electron chi connectivity index (χ0n) is 30.4. The molecule has 0 fully saturated rings. The van der Waals surface area contributed by atoms with Crippen molar-refractivity contribution in [2.24, 2.45) is 9.98 Å². The molecule has 1 N–H and O–H groups in total. The highest BCUT2D eigenvalue weighted by Gasteiger charge is 2.23. The number of aliphatic imine (C=N–C) groups is 2. The highest BCUT2D eigenvalue weighted by molar-refractivity contribution is 6.28.